The summed E-state index contributed by atoms with van der Waals surface area (Å²) in [6.45, 7) is 1.99. The van der Waals surface area contributed by atoms with Crippen LogP contribution in [0.3, 0.4) is 0 Å². The van der Waals surface area contributed by atoms with Crippen molar-refractivity contribution in [2.45, 2.75) is 18.9 Å². The highest BCUT2D eigenvalue weighted by molar-refractivity contribution is 5.10. The lowest BCUT2D eigenvalue weighted by atomic mass is 9.89. The Hall–Kier alpha value is -0.930. The van der Waals surface area contributed by atoms with Gasteiger partial charge in [0.1, 0.15) is 0 Å². The maximum absolute atomic E-state index is 9.90. The molecule has 0 aromatic carbocycles. The molecule has 0 bridgehead atoms. The number of likely N-dealkylation sites (tertiary alicyclic amines) is 1. The maximum atomic E-state index is 9.90. The van der Waals surface area contributed by atoms with Crippen molar-refractivity contribution in [3.8, 4) is 0 Å². The molecule has 1 aliphatic heterocycles. The van der Waals surface area contributed by atoms with Crippen molar-refractivity contribution in [2.75, 3.05) is 20.1 Å². The zero-order valence-corrected chi connectivity index (χ0v) is 9.13. The van der Waals surface area contributed by atoms with Gasteiger partial charge in [0.15, 0.2) is 0 Å². The first-order valence-corrected chi connectivity index (χ1v) is 5.51. The van der Waals surface area contributed by atoms with Gasteiger partial charge in [-0.15, -0.1) is 0 Å². The molecule has 0 radical (unpaired) electrons. The summed E-state index contributed by atoms with van der Waals surface area (Å²) < 4.78 is 0. The van der Waals surface area contributed by atoms with Gasteiger partial charge in [-0.2, -0.15) is 0 Å². The van der Waals surface area contributed by atoms with E-state index in [4.69, 9.17) is 0 Å². The summed E-state index contributed by atoms with van der Waals surface area (Å²) in [6, 6.07) is 4.03. The zero-order valence-electron chi connectivity index (χ0n) is 9.13. The third kappa shape index (κ3) is 2.76. The highest BCUT2D eigenvalue weighted by atomic mass is 16.3. The Morgan fingerprint density at radius 3 is 3.20 bits per heavy atom. The molecule has 1 aromatic heterocycles. The van der Waals surface area contributed by atoms with E-state index in [-0.39, 0.29) is 6.10 Å². The molecule has 0 saturated carbocycles. The van der Waals surface area contributed by atoms with E-state index in [1.807, 2.05) is 12.3 Å². The van der Waals surface area contributed by atoms with E-state index in [1.54, 1.807) is 6.20 Å². The van der Waals surface area contributed by atoms with Crippen LogP contribution in [0.4, 0.5) is 0 Å². The first-order chi connectivity index (χ1) is 7.25. The smallest absolute Gasteiger partial charge is 0.0596 e. The van der Waals surface area contributed by atoms with Gasteiger partial charge >= 0.3 is 0 Å². The summed E-state index contributed by atoms with van der Waals surface area (Å²) in [5, 5.41) is 9.90. The minimum absolute atomic E-state index is 0.151. The molecule has 0 unspecified atom stereocenters. The Morgan fingerprint density at radius 2 is 2.47 bits per heavy atom. The molecule has 0 spiro atoms. The Kier molecular flexibility index (Phi) is 3.34. The van der Waals surface area contributed by atoms with E-state index < -0.39 is 0 Å². The molecule has 3 heteroatoms. The number of hydrogen-bond acceptors (Lipinski definition) is 3. The number of aliphatic hydroxyl groups excluding tert-OH is 1. The summed E-state index contributed by atoms with van der Waals surface area (Å²) in [5.41, 5.74) is 1.22. The van der Waals surface area contributed by atoms with Crippen molar-refractivity contribution in [2.24, 2.45) is 5.92 Å². The monoisotopic (exact) mass is 206 g/mol. The van der Waals surface area contributed by atoms with Gasteiger partial charge in [0, 0.05) is 31.4 Å². The predicted molar refractivity (Wildman–Crippen MR) is 59.6 cm³/mol. The molecule has 2 atom stereocenters. The van der Waals surface area contributed by atoms with Crippen LogP contribution in [-0.2, 0) is 6.42 Å². The third-order valence-electron chi connectivity index (χ3n) is 3.12. The van der Waals surface area contributed by atoms with Crippen LogP contribution in [0, 0.1) is 5.92 Å². The molecular weight excluding hydrogens is 188 g/mol. The minimum atomic E-state index is -0.151. The van der Waals surface area contributed by atoms with E-state index >= 15 is 0 Å². The van der Waals surface area contributed by atoms with Gasteiger partial charge in [0.25, 0.3) is 0 Å². The number of piperidine rings is 1. The topological polar surface area (TPSA) is 36.4 Å². The molecule has 2 heterocycles. The first kappa shape index (κ1) is 10.6. The molecule has 0 amide bonds. The number of aliphatic hydroxyl groups is 1. The lowest BCUT2D eigenvalue weighted by Gasteiger charge is -2.33. The SMILES string of the molecule is CN1CC[C@@H](O)[C@@H](Cc2cccnc2)C1. The second-order valence-corrected chi connectivity index (χ2v) is 4.44. The van der Waals surface area contributed by atoms with Crippen LogP contribution in [0.5, 0.6) is 0 Å². The van der Waals surface area contributed by atoms with Crippen LogP contribution in [0.25, 0.3) is 0 Å². The van der Waals surface area contributed by atoms with Gasteiger partial charge in [-0.05, 0) is 31.5 Å². The average Bonchev–Trinajstić information content (AvgIpc) is 2.25. The van der Waals surface area contributed by atoms with E-state index in [0.29, 0.717) is 5.92 Å². The number of pyridine rings is 1. The van der Waals surface area contributed by atoms with Gasteiger partial charge in [-0.3, -0.25) is 4.98 Å². The summed E-state index contributed by atoms with van der Waals surface area (Å²) in [4.78, 5) is 6.38. The predicted octanol–water partition coefficient (Wildman–Crippen LogP) is 0.937. The number of aromatic nitrogens is 1. The average molecular weight is 206 g/mol. The van der Waals surface area contributed by atoms with Crippen LogP contribution >= 0.6 is 0 Å². The third-order valence-corrected chi connectivity index (χ3v) is 3.12. The van der Waals surface area contributed by atoms with Crippen LogP contribution in [-0.4, -0.2) is 41.2 Å². The lowest BCUT2D eigenvalue weighted by Crippen LogP contribution is -2.41. The number of nitrogens with zero attached hydrogens (tertiary/aromatic N) is 2. The number of hydrogen-bond donors (Lipinski definition) is 1. The quantitative estimate of drug-likeness (QED) is 0.782. The molecule has 0 aliphatic carbocycles. The Morgan fingerprint density at radius 1 is 1.60 bits per heavy atom. The fourth-order valence-corrected chi connectivity index (χ4v) is 2.22. The zero-order chi connectivity index (χ0) is 10.7. The molecule has 2 rings (SSSR count). The van der Waals surface area contributed by atoms with Crippen molar-refractivity contribution < 1.29 is 5.11 Å². The molecule has 1 saturated heterocycles. The molecule has 3 nitrogen and oxygen atoms in total. The van der Waals surface area contributed by atoms with Crippen LogP contribution in [0.15, 0.2) is 24.5 Å². The maximum Gasteiger partial charge on any atom is 0.0596 e. The summed E-state index contributed by atoms with van der Waals surface area (Å²) in [6.07, 6.45) is 5.34. The Labute approximate surface area is 90.8 Å². The highest BCUT2D eigenvalue weighted by Crippen LogP contribution is 2.20. The lowest BCUT2D eigenvalue weighted by molar-refractivity contribution is 0.0366. The molecule has 1 aromatic rings. The molecular formula is C12H18N2O. The largest absolute Gasteiger partial charge is 0.393 e. The van der Waals surface area contributed by atoms with Crippen LogP contribution < -0.4 is 0 Å². The summed E-state index contributed by atoms with van der Waals surface area (Å²) in [5.74, 6) is 0.355. The van der Waals surface area contributed by atoms with E-state index in [1.165, 1.54) is 5.56 Å². The fraction of sp³-hybridized carbons (Fsp3) is 0.583. The van der Waals surface area contributed by atoms with Gasteiger partial charge in [-0.1, -0.05) is 6.07 Å². The van der Waals surface area contributed by atoms with E-state index in [0.717, 1.165) is 25.9 Å². The number of rotatable bonds is 2. The Balaban J connectivity index is 1.98. The highest BCUT2D eigenvalue weighted by Gasteiger charge is 2.25. The summed E-state index contributed by atoms with van der Waals surface area (Å²) in [7, 11) is 2.11. The van der Waals surface area contributed by atoms with Crippen LogP contribution in [0.1, 0.15) is 12.0 Å². The van der Waals surface area contributed by atoms with Crippen molar-refractivity contribution in [3.63, 3.8) is 0 Å². The van der Waals surface area contributed by atoms with Crippen molar-refractivity contribution in [1.82, 2.24) is 9.88 Å². The second-order valence-electron chi connectivity index (χ2n) is 4.44. The van der Waals surface area contributed by atoms with Gasteiger partial charge < -0.3 is 10.0 Å². The van der Waals surface area contributed by atoms with Gasteiger partial charge in [-0.25, -0.2) is 0 Å². The van der Waals surface area contributed by atoms with E-state index in [2.05, 4.69) is 23.0 Å². The molecule has 15 heavy (non-hydrogen) atoms. The molecule has 1 fully saturated rings. The van der Waals surface area contributed by atoms with Gasteiger partial charge in [0.05, 0.1) is 6.10 Å². The van der Waals surface area contributed by atoms with Gasteiger partial charge in [0.2, 0.25) is 0 Å². The molecule has 1 N–H and O–H groups in total. The fourth-order valence-electron chi connectivity index (χ4n) is 2.22. The van der Waals surface area contributed by atoms with Crippen molar-refractivity contribution in [1.29, 1.82) is 0 Å². The minimum Gasteiger partial charge on any atom is -0.393 e. The Bertz CT molecular complexity index is 302. The summed E-state index contributed by atoms with van der Waals surface area (Å²) >= 11 is 0. The molecule has 82 valence electrons. The first-order valence-electron chi connectivity index (χ1n) is 5.51. The molecule has 1 aliphatic rings. The second kappa shape index (κ2) is 4.73. The van der Waals surface area contributed by atoms with Crippen LogP contribution in [0.2, 0.25) is 0 Å². The van der Waals surface area contributed by atoms with Crippen molar-refractivity contribution >= 4 is 0 Å². The van der Waals surface area contributed by atoms with E-state index in [9.17, 15) is 5.11 Å². The normalized spacial score (nSPS) is 27.9. The standard InChI is InChI=1S/C12H18N2O/c1-14-6-4-12(15)11(9-14)7-10-3-2-5-13-8-10/h2-3,5,8,11-12,15H,4,6-7,9H2,1H3/t11-,12+/m0/s1. The van der Waals surface area contributed by atoms with Crippen molar-refractivity contribution in [3.05, 3.63) is 30.1 Å².